The molecule has 4 N–H and O–H groups in total. The molecule has 0 saturated carbocycles. The zero-order valence-electron chi connectivity index (χ0n) is 15.3. The van der Waals surface area contributed by atoms with Gasteiger partial charge in [0.1, 0.15) is 0 Å². The van der Waals surface area contributed by atoms with E-state index in [1.807, 2.05) is 0 Å². The number of rotatable bonds is 5. The third-order valence-corrected chi connectivity index (χ3v) is 5.50. The predicted molar refractivity (Wildman–Crippen MR) is 105 cm³/mol. The first-order valence-corrected chi connectivity index (χ1v) is 11.3. The van der Waals surface area contributed by atoms with E-state index in [2.05, 4.69) is 10.0 Å². The summed E-state index contributed by atoms with van der Waals surface area (Å²) >= 11 is 0. The number of primary sulfonamides is 1. The molecule has 10 heteroatoms. The predicted octanol–water partition coefficient (Wildman–Crippen LogP) is 1.88. The van der Waals surface area contributed by atoms with E-state index in [4.69, 9.17) is 5.14 Å². The quantitative estimate of drug-likeness (QED) is 0.690. The number of hydrogen-bond donors (Lipinski definition) is 3. The average molecular weight is 412 g/mol. The second-order valence-corrected chi connectivity index (χ2v) is 9.63. The summed E-state index contributed by atoms with van der Waals surface area (Å²) in [5.41, 5.74) is 2.81. The highest BCUT2D eigenvalue weighted by atomic mass is 32.2. The minimum absolute atomic E-state index is 0.107. The Balaban J connectivity index is 2.41. The summed E-state index contributed by atoms with van der Waals surface area (Å²) < 4.78 is 48.5. The molecular weight excluding hydrogens is 390 g/mol. The van der Waals surface area contributed by atoms with Gasteiger partial charge in [0.15, 0.2) is 0 Å². The van der Waals surface area contributed by atoms with Gasteiger partial charge in [0, 0.05) is 11.3 Å². The molecule has 146 valence electrons. The summed E-state index contributed by atoms with van der Waals surface area (Å²) in [7, 11) is -7.42. The van der Waals surface area contributed by atoms with E-state index in [-0.39, 0.29) is 16.1 Å². The molecule has 0 unspecified atom stereocenters. The molecule has 1 amide bonds. The highest BCUT2D eigenvalue weighted by Gasteiger charge is 2.16. The van der Waals surface area contributed by atoms with Gasteiger partial charge < -0.3 is 5.32 Å². The molecule has 2 rings (SSSR count). The van der Waals surface area contributed by atoms with E-state index in [9.17, 15) is 21.6 Å². The topological polar surface area (TPSA) is 135 Å². The molecule has 27 heavy (non-hydrogen) atoms. The van der Waals surface area contributed by atoms with Gasteiger partial charge in [-0.25, -0.2) is 22.0 Å². The maximum Gasteiger partial charge on any atom is 0.255 e. The van der Waals surface area contributed by atoms with Gasteiger partial charge in [0.25, 0.3) is 5.91 Å². The normalized spacial score (nSPS) is 11.9. The van der Waals surface area contributed by atoms with E-state index < -0.39 is 26.0 Å². The van der Waals surface area contributed by atoms with Crippen LogP contribution in [0.3, 0.4) is 0 Å². The van der Waals surface area contributed by atoms with Crippen LogP contribution in [0.1, 0.15) is 27.0 Å². The van der Waals surface area contributed by atoms with Gasteiger partial charge in [-0.2, -0.15) is 0 Å². The van der Waals surface area contributed by atoms with Crippen LogP contribution in [-0.4, -0.2) is 29.0 Å². The maximum absolute atomic E-state index is 12.6. The number of amides is 1. The fraction of sp³-hybridized carbons (Fsp3) is 0.235. The molecule has 0 atom stereocenters. The zero-order valence-corrected chi connectivity index (χ0v) is 17.0. The van der Waals surface area contributed by atoms with Crippen molar-refractivity contribution in [3.8, 4) is 0 Å². The number of carbonyl (C=O) groups excluding carboxylic acids is 1. The van der Waals surface area contributed by atoms with Crippen LogP contribution in [0.4, 0.5) is 11.4 Å². The lowest BCUT2D eigenvalue weighted by molar-refractivity contribution is 0.102. The number of nitrogens with two attached hydrogens (primary N) is 1. The van der Waals surface area contributed by atoms with E-state index in [0.717, 1.165) is 6.26 Å². The third kappa shape index (κ3) is 5.28. The molecule has 0 bridgehead atoms. The number of carbonyl (C=O) groups is 1. The molecule has 0 heterocycles. The molecule has 0 radical (unpaired) electrons. The van der Waals surface area contributed by atoms with Crippen molar-refractivity contribution in [2.75, 3.05) is 16.3 Å². The molecule has 8 nitrogen and oxygen atoms in total. The third-order valence-electron chi connectivity index (χ3n) is 4.01. The largest absolute Gasteiger partial charge is 0.322 e. The van der Waals surface area contributed by atoms with Gasteiger partial charge in [0.05, 0.1) is 16.8 Å². The molecule has 0 aliphatic rings. The first-order chi connectivity index (χ1) is 12.3. The molecule has 0 fully saturated rings. The summed E-state index contributed by atoms with van der Waals surface area (Å²) in [4.78, 5) is 12.5. The first-order valence-electron chi connectivity index (χ1n) is 7.82. The highest BCUT2D eigenvalue weighted by Crippen LogP contribution is 2.25. The van der Waals surface area contributed by atoms with Crippen LogP contribution >= 0.6 is 0 Å². The van der Waals surface area contributed by atoms with Crippen molar-refractivity contribution in [3.63, 3.8) is 0 Å². The minimum atomic E-state index is -3.93. The Bertz CT molecular complexity index is 1120. The van der Waals surface area contributed by atoms with Crippen LogP contribution in [0.15, 0.2) is 35.2 Å². The van der Waals surface area contributed by atoms with Crippen LogP contribution in [-0.2, 0) is 20.0 Å². The van der Waals surface area contributed by atoms with E-state index in [1.54, 1.807) is 32.9 Å². The van der Waals surface area contributed by atoms with Crippen LogP contribution in [0.5, 0.6) is 0 Å². The Morgan fingerprint density at radius 2 is 1.56 bits per heavy atom. The molecular formula is C17H21N3O5S2. The van der Waals surface area contributed by atoms with Crippen molar-refractivity contribution in [2.24, 2.45) is 5.14 Å². The van der Waals surface area contributed by atoms with Gasteiger partial charge in [-0.15, -0.1) is 0 Å². The van der Waals surface area contributed by atoms with Crippen molar-refractivity contribution < 1.29 is 21.6 Å². The van der Waals surface area contributed by atoms with Crippen molar-refractivity contribution in [2.45, 2.75) is 25.7 Å². The van der Waals surface area contributed by atoms with Gasteiger partial charge in [-0.3, -0.25) is 9.52 Å². The fourth-order valence-corrected chi connectivity index (χ4v) is 3.63. The summed E-state index contributed by atoms with van der Waals surface area (Å²) in [5.74, 6) is -0.513. The van der Waals surface area contributed by atoms with E-state index in [1.165, 1.54) is 18.2 Å². The maximum atomic E-state index is 12.6. The summed E-state index contributed by atoms with van der Waals surface area (Å²) in [6, 6.07) is 7.29. The van der Waals surface area contributed by atoms with Crippen molar-refractivity contribution >= 4 is 37.3 Å². The lowest BCUT2D eigenvalue weighted by atomic mass is 10.1. The second-order valence-electron chi connectivity index (χ2n) is 6.32. The molecule has 2 aromatic carbocycles. The van der Waals surface area contributed by atoms with Gasteiger partial charge in [-0.1, -0.05) is 6.07 Å². The molecule has 0 spiro atoms. The van der Waals surface area contributed by atoms with Crippen LogP contribution in [0.25, 0.3) is 0 Å². The van der Waals surface area contributed by atoms with Crippen LogP contribution in [0.2, 0.25) is 0 Å². The Kier molecular flexibility index (Phi) is 5.64. The van der Waals surface area contributed by atoms with Crippen LogP contribution in [0, 0.1) is 20.8 Å². The lowest BCUT2D eigenvalue weighted by Crippen LogP contribution is -2.17. The minimum Gasteiger partial charge on any atom is -0.322 e. The number of hydrogen-bond acceptors (Lipinski definition) is 5. The average Bonchev–Trinajstić information content (AvgIpc) is 2.51. The van der Waals surface area contributed by atoms with Gasteiger partial charge in [-0.05, 0) is 61.7 Å². The van der Waals surface area contributed by atoms with E-state index >= 15 is 0 Å². The second kappa shape index (κ2) is 7.29. The highest BCUT2D eigenvalue weighted by molar-refractivity contribution is 7.92. The summed E-state index contributed by atoms with van der Waals surface area (Å²) in [6.45, 7) is 5.15. The van der Waals surface area contributed by atoms with E-state index in [0.29, 0.717) is 22.4 Å². The smallest absolute Gasteiger partial charge is 0.255 e. The number of benzene rings is 2. The van der Waals surface area contributed by atoms with Crippen molar-refractivity contribution in [1.82, 2.24) is 0 Å². The van der Waals surface area contributed by atoms with Crippen LogP contribution < -0.4 is 15.2 Å². The number of sulfonamides is 2. The molecule has 0 aromatic heterocycles. The number of anilines is 2. The SMILES string of the molecule is Cc1ccc(C(=O)Nc2cc(S(N)(=O)=O)cc(C)c2C)cc1NS(C)(=O)=O. The molecule has 2 aromatic rings. The zero-order chi connectivity index (χ0) is 20.6. The number of nitrogens with one attached hydrogen (secondary N) is 2. The fourth-order valence-electron chi connectivity index (χ4n) is 2.39. The summed E-state index contributed by atoms with van der Waals surface area (Å²) in [6.07, 6.45) is 1.02. The standard InChI is InChI=1S/C17H21N3O5S2/c1-10-5-6-13(8-15(10)20-26(4,22)23)17(21)19-16-9-14(27(18,24)25)7-11(2)12(16)3/h5-9,20H,1-4H3,(H,19,21)(H2,18,24,25). The lowest BCUT2D eigenvalue weighted by Gasteiger charge is -2.14. The summed E-state index contributed by atoms with van der Waals surface area (Å²) in [5, 5.41) is 7.83. The Labute approximate surface area is 158 Å². The van der Waals surface area contributed by atoms with Gasteiger partial charge in [0.2, 0.25) is 20.0 Å². The number of aryl methyl sites for hydroxylation is 2. The molecule has 0 saturated heterocycles. The Morgan fingerprint density at radius 1 is 0.926 bits per heavy atom. The van der Waals surface area contributed by atoms with Gasteiger partial charge >= 0.3 is 0 Å². The van der Waals surface area contributed by atoms with Crippen molar-refractivity contribution in [3.05, 3.63) is 52.6 Å². The first kappa shape index (κ1) is 20.9. The Morgan fingerprint density at radius 3 is 2.11 bits per heavy atom. The Hall–Kier alpha value is -2.43. The van der Waals surface area contributed by atoms with Crippen molar-refractivity contribution in [1.29, 1.82) is 0 Å². The molecule has 0 aliphatic carbocycles. The molecule has 0 aliphatic heterocycles. The monoisotopic (exact) mass is 411 g/mol.